The van der Waals surface area contributed by atoms with Crippen LogP contribution in [0.3, 0.4) is 0 Å². The highest BCUT2D eigenvalue weighted by Crippen LogP contribution is 2.35. The van der Waals surface area contributed by atoms with E-state index in [2.05, 4.69) is 10.3 Å². The fourth-order valence-corrected chi connectivity index (χ4v) is 2.48. The van der Waals surface area contributed by atoms with Gasteiger partial charge < -0.3 is 10.8 Å². The minimum absolute atomic E-state index is 0.119. The van der Waals surface area contributed by atoms with Gasteiger partial charge in [-0.3, -0.25) is 0 Å². The van der Waals surface area contributed by atoms with Crippen LogP contribution in [0.25, 0.3) is 0 Å². The standard InChI is InChI=1S/C11H18N4O2/c12-6-3-7-15-10(8-4-1-2-5-8)9(11(16)17)13-14-15/h8H,1-7,12H2,(H,16,17). The fraction of sp³-hybridized carbons (Fsp3) is 0.727. The Morgan fingerprint density at radius 3 is 2.76 bits per heavy atom. The first-order valence-corrected chi connectivity index (χ1v) is 6.10. The highest BCUT2D eigenvalue weighted by Gasteiger charge is 2.28. The molecular weight excluding hydrogens is 220 g/mol. The molecule has 1 heterocycles. The van der Waals surface area contributed by atoms with Crippen LogP contribution in [0.4, 0.5) is 0 Å². The maximum absolute atomic E-state index is 11.1. The van der Waals surface area contributed by atoms with E-state index in [1.54, 1.807) is 4.68 Å². The zero-order chi connectivity index (χ0) is 12.3. The van der Waals surface area contributed by atoms with Crippen molar-refractivity contribution in [1.29, 1.82) is 0 Å². The van der Waals surface area contributed by atoms with Crippen molar-refractivity contribution >= 4 is 5.97 Å². The summed E-state index contributed by atoms with van der Waals surface area (Å²) in [6.45, 7) is 1.23. The molecule has 0 radical (unpaired) electrons. The Hall–Kier alpha value is -1.43. The number of carboxylic acids is 1. The van der Waals surface area contributed by atoms with Gasteiger partial charge >= 0.3 is 5.97 Å². The van der Waals surface area contributed by atoms with Gasteiger partial charge in [-0.1, -0.05) is 18.1 Å². The summed E-state index contributed by atoms with van der Waals surface area (Å²) >= 11 is 0. The van der Waals surface area contributed by atoms with Gasteiger partial charge in [0.25, 0.3) is 0 Å². The number of aromatic carboxylic acids is 1. The lowest BCUT2D eigenvalue weighted by Crippen LogP contribution is -2.13. The van der Waals surface area contributed by atoms with Crippen LogP contribution in [0.15, 0.2) is 0 Å². The molecule has 1 aromatic rings. The molecule has 0 aliphatic heterocycles. The van der Waals surface area contributed by atoms with E-state index < -0.39 is 5.97 Å². The van der Waals surface area contributed by atoms with Gasteiger partial charge in [0.1, 0.15) is 0 Å². The molecule has 1 aromatic heterocycles. The second-order valence-electron chi connectivity index (χ2n) is 4.48. The van der Waals surface area contributed by atoms with Gasteiger partial charge in [-0.2, -0.15) is 0 Å². The van der Waals surface area contributed by atoms with Crippen molar-refractivity contribution in [1.82, 2.24) is 15.0 Å². The van der Waals surface area contributed by atoms with E-state index in [0.717, 1.165) is 37.8 Å². The minimum Gasteiger partial charge on any atom is -0.476 e. The molecule has 0 bridgehead atoms. The number of nitrogens with two attached hydrogens (primary N) is 1. The zero-order valence-corrected chi connectivity index (χ0v) is 9.80. The highest BCUT2D eigenvalue weighted by molar-refractivity contribution is 5.86. The van der Waals surface area contributed by atoms with Crippen molar-refractivity contribution in [2.75, 3.05) is 6.54 Å². The fourth-order valence-electron chi connectivity index (χ4n) is 2.48. The Morgan fingerprint density at radius 2 is 2.18 bits per heavy atom. The molecule has 0 atom stereocenters. The lowest BCUT2D eigenvalue weighted by molar-refractivity contribution is 0.0688. The average molecular weight is 238 g/mol. The van der Waals surface area contributed by atoms with Crippen molar-refractivity contribution in [2.24, 2.45) is 5.73 Å². The van der Waals surface area contributed by atoms with Gasteiger partial charge in [-0.05, 0) is 25.8 Å². The van der Waals surface area contributed by atoms with E-state index in [1.165, 1.54) is 0 Å². The summed E-state index contributed by atoms with van der Waals surface area (Å²) in [6.07, 6.45) is 5.19. The molecule has 17 heavy (non-hydrogen) atoms. The quantitative estimate of drug-likeness (QED) is 0.797. The third kappa shape index (κ3) is 2.46. The van der Waals surface area contributed by atoms with Crippen molar-refractivity contribution < 1.29 is 9.90 Å². The second kappa shape index (κ2) is 5.27. The number of hydrogen-bond acceptors (Lipinski definition) is 4. The molecule has 0 aromatic carbocycles. The predicted octanol–water partition coefficient (Wildman–Crippen LogP) is 0.983. The number of aromatic nitrogens is 3. The molecule has 2 rings (SSSR count). The van der Waals surface area contributed by atoms with Crippen LogP contribution in [0.2, 0.25) is 0 Å². The van der Waals surface area contributed by atoms with Crippen LogP contribution in [0.5, 0.6) is 0 Å². The lowest BCUT2D eigenvalue weighted by atomic mass is 10.0. The predicted molar refractivity (Wildman–Crippen MR) is 61.9 cm³/mol. The molecule has 0 amide bonds. The lowest BCUT2D eigenvalue weighted by Gasteiger charge is -2.12. The van der Waals surface area contributed by atoms with Crippen molar-refractivity contribution in [3.05, 3.63) is 11.4 Å². The second-order valence-corrected chi connectivity index (χ2v) is 4.48. The van der Waals surface area contributed by atoms with E-state index in [0.29, 0.717) is 19.0 Å². The first-order chi connectivity index (χ1) is 8.24. The largest absolute Gasteiger partial charge is 0.476 e. The summed E-state index contributed by atoms with van der Waals surface area (Å²) in [5, 5.41) is 16.9. The minimum atomic E-state index is -0.981. The number of nitrogens with zero attached hydrogens (tertiary/aromatic N) is 3. The Labute approximate surface area is 99.8 Å². The third-order valence-electron chi connectivity index (χ3n) is 3.29. The number of carboxylic acid groups (broad SMARTS) is 1. The molecule has 0 spiro atoms. The summed E-state index contributed by atoms with van der Waals surface area (Å²) in [7, 11) is 0. The van der Waals surface area contributed by atoms with Crippen LogP contribution in [0.1, 0.15) is 54.2 Å². The van der Waals surface area contributed by atoms with E-state index in [9.17, 15) is 4.79 Å². The first-order valence-electron chi connectivity index (χ1n) is 6.10. The first kappa shape index (κ1) is 12.0. The smallest absolute Gasteiger partial charge is 0.358 e. The maximum Gasteiger partial charge on any atom is 0.358 e. The number of aryl methyl sites for hydroxylation is 1. The van der Waals surface area contributed by atoms with Gasteiger partial charge in [-0.25, -0.2) is 9.48 Å². The molecule has 1 fully saturated rings. The van der Waals surface area contributed by atoms with Crippen LogP contribution < -0.4 is 5.73 Å². The summed E-state index contributed by atoms with van der Waals surface area (Å²) in [5.41, 5.74) is 6.38. The van der Waals surface area contributed by atoms with Crippen LogP contribution in [-0.2, 0) is 6.54 Å². The van der Waals surface area contributed by atoms with Crippen molar-refractivity contribution in [2.45, 2.75) is 44.6 Å². The van der Waals surface area contributed by atoms with Crippen LogP contribution in [0, 0.1) is 0 Å². The van der Waals surface area contributed by atoms with Crippen LogP contribution >= 0.6 is 0 Å². The summed E-state index contributed by atoms with van der Waals surface area (Å²) in [5.74, 6) is -0.681. The number of rotatable bonds is 5. The molecule has 0 unspecified atom stereocenters. The highest BCUT2D eigenvalue weighted by atomic mass is 16.4. The average Bonchev–Trinajstić information content (AvgIpc) is 2.94. The topological polar surface area (TPSA) is 94.0 Å². The van der Waals surface area contributed by atoms with Gasteiger partial charge in [0.05, 0.1) is 5.69 Å². The molecule has 6 heteroatoms. The number of carbonyl (C=O) groups is 1. The normalized spacial score (nSPS) is 16.5. The van der Waals surface area contributed by atoms with Gasteiger partial charge in [0.15, 0.2) is 5.69 Å². The SMILES string of the molecule is NCCCn1nnc(C(=O)O)c1C1CCCC1. The molecule has 3 N–H and O–H groups in total. The van der Waals surface area contributed by atoms with E-state index in [1.807, 2.05) is 0 Å². The molecule has 6 nitrogen and oxygen atoms in total. The Bertz CT molecular complexity index is 396. The summed E-state index contributed by atoms with van der Waals surface area (Å²) in [4.78, 5) is 11.1. The Balaban J connectivity index is 2.28. The Morgan fingerprint density at radius 1 is 1.47 bits per heavy atom. The Kier molecular flexibility index (Phi) is 3.73. The van der Waals surface area contributed by atoms with E-state index in [-0.39, 0.29) is 5.69 Å². The van der Waals surface area contributed by atoms with Crippen molar-refractivity contribution in [3.63, 3.8) is 0 Å². The molecule has 0 saturated heterocycles. The molecule has 94 valence electrons. The monoisotopic (exact) mass is 238 g/mol. The summed E-state index contributed by atoms with van der Waals surface area (Å²) < 4.78 is 1.73. The molecule has 1 aliphatic rings. The zero-order valence-electron chi connectivity index (χ0n) is 9.80. The van der Waals surface area contributed by atoms with Crippen LogP contribution in [-0.4, -0.2) is 32.6 Å². The summed E-state index contributed by atoms with van der Waals surface area (Å²) in [6, 6.07) is 0. The number of hydrogen-bond donors (Lipinski definition) is 2. The van der Waals surface area contributed by atoms with E-state index >= 15 is 0 Å². The molecular formula is C11H18N4O2. The third-order valence-corrected chi connectivity index (χ3v) is 3.29. The van der Waals surface area contributed by atoms with Gasteiger partial charge in [-0.15, -0.1) is 5.10 Å². The molecule has 1 saturated carbocycles. The van der Waals surface area contributed by atoms with E-state index in [4.69, 9.17) is 10.8 Å². The molecule has 1 aliphatic carbocycles. The van der Waals surface area contributed by atoms with Crippen molar-refractivity contribution in [3.8, 4) is 0 Å². The van der Waals surface area contributed by atoms with Gasteiger partial charge in [0.2, 0.25) is 0 Å². The van der Waals surface area contributed by atoms with Gasteiger partial charge in [0, 0.05) is 12.5 Å². The maximum atomic E-state index is 11.1.